The summed E-state index contributed by atoms with van der Waals surface area (Å²) in [6, 6.07) is 0. The maximum atomic E-state index is 11.9. The molecule has 1 aliphatic heterocycles. The summed E-state index contributed by atoms with van der Waals surface area (Å²) < 4.78 is 29.1. The van der Waals surface area contributed by atoms with Gasteiger partial charge >= 0.3 is 11.9 Å². The first kappa shape index (κ1) is 23.3. The molecule has 1 aliphatic rings. The fourth-order valence-corrected chi connectivity index (χ4v) is 3.00. The third kappa shape index (κ3) is 8.09. The zero-order chi connectivity index (χ0) is 21.4. The maximum Gasteiger partial charge on any atom is 0.311 e. The Morgan fingerprint density at radius 3 is 2.59 bits per heavy atom. The van der Waals surface area contributed by atoms with Crippen molar-refractivity contribution in [3.8, 4) is 5.88 Å². The van der Waals surface area contributed by atoms with Crippen LogP contribution in [0.5, 0.6) is 5.88 Å². The molecule has 1 saturated heterocycles. The largest absolute Gasteiger partial charge is 0.452 e. The number of aliphatic hydroxyl groups is 1. The van der Waals surface area contributed by atoms with Gasteiger partial charge in [0.1, 0.15) is 6.10 Å². The summed E-state index contributed by atoms with van der Waals surface area (Å²) >= 11 is 1.00. The smallest absolute Gasteiger partial charge is 0.311 e. The van der Waals surface area contributed by atoms with E-state index in [1.54, 1.807) is 0 Å². The van der Waals surface area contributed by atoms with E-state index in [0.717, 1.165) is 11.7 Å². The molecule has 0 radical (unpaired) electrons. The first-order valence-corrected chi connectivity index (χ1v) is 9.95. The molecule has 11 nitrogen and oxygen atoms in total. The van der Waals surface area contributed by atoms with Crippen LogP contribution in [0, 0.1) is 0 Å². The van der Waals surface area contributed by atoms with E-state index in [1.165, 1.54) is 6.92 Å². The molecule has 0 aliphatic carbocycles. The van der Waals surface area contributed by atoms with Gasteiger partial charge in [-0.25, -0.2) is 0 Å². The molecule has 2 unspecified atom stereocenters. The third-order valence-electron chi connectivity index (χ3n) is 3.77. The van der Waals surface area contributed by atoms with Gasteiger partial charge in [-0.2, -0.15) is 4.37 Å². The lowest BCUT2D eigenvalue weighted by Crippen LogP contribution is -2.53. The number of anilines is 1. The zero-order valence-electron chi connectivity index (χ0n) is 17.0. The molecule has 0 bridgehead atoms. The SMILES string of the molecule is CC(=O)OCOC(=O)CC(O)C(NC(C)(C)C)Oc1nsnc1N1CCOCC1. The van der Waals surface area contributed by atoms with Gasteiger partial charge in [0.2, 0.25) is 12.6 Å². The van der Waals surface area contributed by atoms with Crippen molar-refractivity contribution >= 4 is 29.5 Å². The van der Waals surface area contributed by atoms with Gasteiger partial charge in [-0.15, -0.1) is 4.37 Å². The minimum atomic E-state index is -1.24. The van der Waals surface area contributed by atoms with Crippen molar-refractivity contribution in [3.63, 3.8) is 0 Å². The molecule has 0 aromatic carbocycles. The minimum absolute atomic E-state index is 0.269. The number of carbonyl (C=O) groups excluding carboxylic acids is 2. The number of nitrogens with one attached hydrogen (secondary N) is 1. The number of carbonyl (C=O) groups is 2. The molecule has 1 fully saturated rings. The molecule has 2 heterocycles. The van der Waals surface area contributed by atoms with E-state index in [-0.39, 0.29) is 12.3 Å². The van der Waals surface area contributed by atoms with Crippen molar-refractivity contribution in [2.45, 2.75) is 52.0 Å². The topological polar surface area (TPSA) is 132 Å². The molecule has 1 aromatic heterocycles. The summed E-state index contributed by atoms with van der Waals surface area (Å²) in [5.74, 6) is -0.455. The molecule has 164 valence electrons. The molecule has 12 heteroatoms. The van der Waals surface area contributed by atoms with Gasteiger partial charge in [-0.1, -0.05) is 0 Å². The Morgan fingerprint density at radius 1 is 1.28 bits per heavy atom. The van der Waals surface area contributed by atoms with Crippen molar-refractivity contribution in [2.75, 3.05) is 38.0 Å². The van der Waals surface area contributed by atoms with Gasteiger partial charge in [-0.05, 0) is 20.8 Å². The second kappa shape index (κ2) is 10.7. The van der Waals surface area contributed by atoms with Gasteiger partial charge in [0.25, 0.3) is 5.88 Å². The molecule has 0 saturated carbocycles. The van der Waals surface area contributed by atoms with E-state index in [9.17, 15) is 14.7 Å². The first-order valence-electron chi connectivity index (χ1n) is 9.22. The second-order valence-corrected chi connectivity index (χ2v) is 8.00. The third-order valence-corrected chi connectivity index (χ3v) is 4.28. The normalized spacial score (nSPS) is 16.8. The van der Waals surface area contributed by atoms with Gasteiger partial charge in [0, 0.05) is 25.6 Å². The monoisotopic (exact) mass is 432 g/mol. The van der Waals surface area contributed by atoms with Crippen LogP contribution in [0.4, 0.5) is 5.82 Å². The summed E-state index contributed by atoms with van der Waals surface area (Å²) in [5.41, 5.74) is -0.421. The van der Waals surface area contributed by atoms with E-state index in [1.807, 2.05) is 25.7 Å². The lowest BCUT2D eigenvalue weighted by Gasteiger charge is -2.32. The average molecular weight is 432 g/mol. The Morgan fingerprint density at radius 2 is 1.97 bits per heavy atom. The predicted octanol–water partition coefficient (Wildman–Crippen LogP) is 0.283. The van der Waals surface area contributed by atoms with Gasteiger partial charge in [0.05, 0.1) is 31.4 Å². The van der Waals surface area contributed by atoms with Crippen LogP contribution >= 0.6 is 11.7 Å². The summed E-state index contributed by atoms with van der Waals surface area (Å²) in [7, 11) is 0. The van der Waals surface area contributed by atoms with E-state index in [0.29, 0.717) is 32.1 Å². The summed E-state index contributed by atoms with van der Waals surface area (Å²) in [6.45, 7) is 8.87. The van der Waals surface area contributed by atoms with Crippen LogP contribution in [-0.4, -0.2) is 76.8 Å². The van der Waals surface area contributed by atoms with Gasteiger partial charge in [-0.3, -0.25) is 14.9 Å². The molecule has 0 amide bonds. The van der Waals surface area contributed by atoms with Crippen molar-refractivity contribution in [1.82, 2.24) is 14.1 Å². The van der Waals surface area contributed by atoms with E-state index < -0.39 is 36.6 Å². The Labute approximate surface area is 173 Å². The number of morpholine rings is 1. The number of aliphatic hydroxyl groups excluding tert-OH is 1. The number of esters is 2. The molecule has 0 spiro atoms. The molecule has 2 rings (SSSR count). The van der Waals surface area contributed by atoms with Gasteiger partial charge in [0.15, 0.2) is 6.23 Å². The average Bonchev–Trinajstić information content (AvgIpc) is 3.08. The van der Waals surface area contributed by atoms with Crippen LogP contribution in [0.2, 0.25) is 0 Å². The van der Waals surface area contributed by atoms with E-state index in [4.69, 9.17) is 14.2 Å². The highest BCUT2D eigenvalue weighted by Gasteiger charge is 2.31. The zero-order valence-corrected chi connectivity index (χ0v) is 17.9. The standard InChI is InChI=1S/C17H28N4O7S/c1-11(22)26-10-27-13(24)9-12(23)15(18-17(2,3)4)28-16-14(19-29-20-16)21-5-7-25-8-6-21/h12,15,18,23H,5-10H2,1-4H3. The molecular weight excluding hydrogens is 404 g/mol. The lowest BCUT2D eigenvalue weighted by molar-refractivity contribution is -0.168. The second-order valence-electron chi connectivity index (χ2n) is 7.47. The summed E-state index contributed by atoms with van der Waals surface area (Å²) in [5, 5.41) is 13.7. The highest BCUT2D eigenvalue weighted by atomic mass is 32.1. The van der Waals surface area contributed by atoms with Crippen LogP contribution in [0.1, 0.15) is 34.1 Å². The molecule has 1 aromatic rings. The van der Waals surface area contributed by atoms with E-state index >= 15 is 0 Å². The number of nitrogens with zero attached hydrogens (tertiary/aromatic N) is 3. The van der Waals surface area contributed by atoms with Crippen LogP contribution in [-0.2, 0) is 23.8 Å². The quantitative estimate of drug-likeness (QED) is 0.412. The maximum absolute atomic E-state index is 11.9. The first-order chi connectivity index (χ1) is 13.7. The Balaban J connectivity index is 2.03. The Bertz CT molecular complexity index is 673. The Kier molecular flexibility index (Phi) is 8.56. The van der Waals surface area contributed by atoms with Crippen LogP contribution in [0.15, 0.2) is 0 Å². The minimum Gasteiger partial charge on any atom is -0.452 e. The van der Waals surface area contributed by atoms with Crippen molar-refractivity contribution in [1.29, 1.82) is 0 Å². The van der Waals surface area contributed by atoms with Crippen LogP contribution in [0.25, 0.3) is 0 Å². The molecule has 29 heavy (non-hydrogen) atoms. The highest BCUT2D eigenvalue weighted by Crippen LogP contribution is 2.28. The fraction of sp³-hybridized carbons (Fsp3) is 0.765. The molecule has 2 atom stereocenters. The number of hydrogen-bond acceptors (Lipinski definition) is 12. The number of ether oxygens (including phenoxy) is 4. The van der Waals surface area contributed by atoms with Crippen LogP contribution in [0.3, 0.4) is 0 Å². The summed E-state index contributed by atoms with van der Waals surface area (Å²) in [4.78, 5) is 24.6. The predicted molar refractivity (Wildman–Crippen MR) is 104 cm³/mol. The number of rotatable bonds is 9. The lowest BCUT2D eigenvalue weighted by atomic mass is 10.1. The number of hydrogen-bond donors (Lipinski definition) is 2. The highest BCUT2D eigenvalue weighted by molar-refractivity contribution is 6.99. The van der Waals surface area contributed by atoms with Crippen LogP contribution < -0.4 is 15.0 Å². The van der Waals surface area contributed by atoms with E-state index in [2.05, 4.69) is 18.8 Å². The number of aromatic nitrogens is 2. The molecule has 2 N–H and O–H groups in total. The van der Waals surface area contributed by atoms with Gasteiger partial charge < -0.3 is 29.0 Å². The van der Waals surface area contributed by atoms with Crippen molar-refractivity contribution in [2.24, 2.45) is 0 Å². The van der Waals surface area contributed by atoms with Crippen molar-refractivity contribution < 1.29 is 33.6 Å². The summed E-state index contributed by atoms with van der Waals surface area (Å²) in [6.07, 6.45) is -2.54. The van der Waals surface area contributed by atoms with Crippen molar-refractivity contribution in [3.05, 3.63) is 0 Å². The fourth-order valence-electron chi connectivity index (χ4n) is 2.48. The molecular formula is C17H28N4O7S. The Hall–Kier alpha value is -2.02.